The minimum atomic E-state index is -0.142. The molecule has 0 bridgehead atoms. The molecule has 1 aliphatic heterocycles. The van der Waals surface area contributed by atoms with Gasteiger partial charge in [-0.1, -0.05) is 6.42 Å². The van der Waals surface area contributed by atoms with Gasteiger partial charge < -0.3 is 15.1 Å². The summed E-state index contributed by atoms with van der Waals surface area (Å²) < 4.78 is 0. The second-order valence-corrected chi connectivity index (χ2v) is 5.36. The maximum atomic E-state index is 12.3. The van der Waals surface area contributed by atoms with Crippen LogP contribution in [0.2, 0.25) is 0 Å². The molecule has 1 aromatic carbocycles. The molecule has 2 atom stereocenters. The molecule has 1 saturated heterocycles. The van der Waals surface area contributed by atoms with Crippen LogP contribution in [-0.4, -0.2) is 34.1 Å². The van der Waals surface area contributed by atoms with E-state index >= 15 is 0 Å². The number of phenolic OH excluding ortho intramolecular Hbond substituents is 2. The number of likely N-dealkylation sites (tertiary alicyclic amines) is 1. The Hall–Kier alpha value is -1.71. The van der Waals surface area contributed by atoms with E-state index in [1.165, 1.54) is 37.5 Å². The molecule has 1 heterocycles. The number of amides is 1. The summed E-state index contributed by atoms with van der Waals surface area (Å²) in [6.45, 7) is 1.62. The summed E-state index contributed by atoms with van der Waals surface area (Å²) in [5, 5.41) is 18.9. The number of phenols is 2. The second-order valence-electron chi connectivity index (χ2n) is 5.36. The molecular weight excluding hydrogens is 230 g/mol. The highest BCUT2D eigenvalue weighted by atomic mass is 16.3. The summed E-state index contributed by atoms with van der Waals surface area (Å²) in [7, 11) is 0. The number of benzene rings is 1. The molecule has 2 aliphatic rings. The van der Waals surface area contributed by atoms with Crippen molar-refractivity contribution in [3.05, 3.63) is 23.8 Å². The molecule has 2 fully saturated rings. The zero-order chi connectivity index (χ0) is 12.7. The fourth-order valence-corrected chi connectivity index (χ4v) is 3.27. The van der Waals surface area contributed by atoms with Crippen molar-refractivity contribution in [3.63, 3.8) is 0 Å². The van der Waals surface area contributed by atoms with Crippen molar-refractivity contribution in [2.45, 2.75) is 19.3 Å². The number of nitrogens with zero attached hydrogens (tertiary/aromatic N) is 1. The van der Waals surface area contributed by atoms with E-state index in [1.54, 1.807) is 0 Å². The van der Waals surface area contributed by atoms with Gasteiger partial charge >= 0.3 is 0 Å². The third-order valence-electron chi connectivity index (χ3n) is 4.23. The number of fused-ring (bicyclic) bond motifs is 1. The summed E-state index contributed by atoms with van der Waals surface area (Å²) in [5.74, 6) is 1.00. The first-order valence-electron chi connectivity index (χ1n) is 6.46. The number of aromatic hydroxyl groups is 2. The predicted molar refractivity (Wildman–Crippen MR) is 66.5 cm³/mol. The fraction of sp³-hybridized carbons (Fsp3) is 0.500. The molecule has 3 rings (SSSR count). The molecule has 1 saturated carbocycles. The van der Waals surface area contributed by atoms with Crippen molar-refractivity contribution in [2.24, 2.45) is 11.8 Å². The van der Waals surface area contributed by atoms with Gasteiger partial charge in [-0.3, -0.25) is 4.79 Å². The van der Waals surface area contributed by atoms with Crippen molar-refractivity contribution in [3.8, 4) is 11.5 Å². The van der Waals surface area contributed by atoms with Gasteiger partial charge in [0.2, 0.25) is 0 Å². The largest absolute Gasteiger partial charge is 0.508 e. The Balaban J connectivity index is 1.79. The van der Waals surface area contributed by atoms with Crippen LogP contribution >= 0.6 is 0 Å². The van der Waals surface area contributed by atoms with Crippen LogP contribution in [0.5, 0.6) is 11.5 Å². The van der Waals surface area contributed by atoms with Crippen LogP contribution in [0.25, 0.3) is 0 Å². The molecule has 4 heteroatoms. The van der Waals surface area contributed by atoms with E-state index in [1.807, 2.05) is 4.90 Å². The van der Waals surface area contributed by atoms with Crippen LogP contribution in [0.3, 0.4) is 0 Å². The smallest absolute Gasteiger partial charge is 0.257 e. The Morgan fingerprint density at radius 1 is 1.17 bits per heavy atom. The van der Waals surface area contributed by atoms with E-state index in [0.29, 0.717) is 11.8 Å². The van der Waals surface area contributed by atoms with E-state index in [9.17, 15) is 15.0 Å². The number of hydrogen-bond donors (Lipinski definition) is 2. The highest BCUT2D eigenvalue weighted by Crippen LogP contribution is 2.38. The van der Waals surface area contributed by atoms with Gasteiger partial charge in [-0.15, -0.1) is 0 Å². The van der Waals surface area contributed by atoms with Gasteiger partial charge in [0.15, 0.2) is 0 Å². The number of carbonyl (C=O) groups is 1. The second kappa shape index (κ2) is 4.19. The van der Waals surface area contributed by atoms with Gasteiger partial charge in [0.25, 0.3) is 5.91 Å². The van der Waals surface area contributed by atoms with E-state index in [2.05, 4.69) is 0 Å². The average Bonchev–Trinajstić information content (AvgIpc) is 2.87. The van der Waals surface area contributed by atoms with Crippen molar-refractivity contribution in [1.29, 1.82) is 0 Å². The first-order chi connectivity index (χ1) is 8.65. The van der Waals surface area contributed by atoms with Crippen molar-refractivity contribution >= 4 is 5.91 Å². The predicted octanol–water partition coefficient (Wildman–Crippen LogP) is 1.97. The molecule has 2 unspecified atom stereocenters. The lowest BCUT2D eigenvalue weighted by Crippen LogP contribution is -2.29. The fourth-order valence-electron chi connectivity index (χ4n) is 3.27. The third kappa shape index (κ3) is 1.82. The minimum absolute atomic E-state index is 0.0256. The highest BCUT2D eigenvalue weighted by molar-refractivity contribution is 5.97. The molecule has 4 nitrogen and oxygen atoms in total. The normalized spacial score (nSPS) is 26.3. The Bertz CT molecular complexity index is 474. The summed E-state index contributed by atoms with van der Waals surface area (Å²) in [4.78, 5) is 14.1. The van der Waals surface area contributed by atoms with Crippen LogP contribution in [-0.2, 0) is 0 Å². The van der Waals surface area contributed by atoms with Gasteiger partial charge in [-0.05, 0) is 36.8 Å². The molecule has 1 aliphatic carbocycles. The van der Waals surface area contributed by atoms with E-state index in [4.69, 9.17) is 0 Å². The summed E-state index contributed by atoms with van der Waals surface area (Å²) in [6, 6.07) is 4.13. The van der Waals surface area contributed by atoms with Gasteiger partial charge in [-0.2, -0.15) is 0 Å². The molecule has 1 aromatic rings. The molecule has 1 amide bonds. The lowest BCUT2D eigenvalue weighted by Gasteiger charge is -2.18. The van der Waals surface area contributed by atoms with Gasteiger partial charge in [0, 0.05) is 19.2 Å². The third-order valence-corrected chi connectivity index (χ3v) is 4.23. The molecular formula is C14H17NO3. The molecule has 2 N–H and O–H groups in total. The van der Waals surface area contributed by atoms with Gasteiger partial charge in [-0.25, -0.2) is 0 Å². The molecule has 0 radical (unpaired) electrons. The Labute approximate surface area is 106 Å². The maximum absolute atomic E-state index is 12.3. The molecule has 96 valence electrons. The number of rotatable bonds is 1. The maximum Gasteiger partial charge on any atom is 0.257 e. The van der Waals surface area contributed by atoms with Crippen LogP contribution in [0, 0.1) is 11.8 Å². The highest BCUT2D eigenvalue weighted by Gasteiger charge is 2.38. The van der Waals surface area contributed by atoms with Gasteiger partial charge in [0.05, 0.1) is 5.56 Å². The van der Waals surface area contributed by atoms with Crippen molar-refractivity contribution < 1.29 is 15.0 Å². The summed E-state index contributed by atoms with van der Waals surface area (Å²) in [5.41, 5.74) is 0.285. The van der Waals surface area contributed by atoms with E-state index in [0.717, 1.165) is 13.1 Å². The van der Waals surface area contributed by atoms with Crippen molar-refractivity contribution in [1.82, 2.24) is 4.90 Å². The minimum Gasteiger partial charge on any atom is -0.508 e. The number of hydrogen-bond acceptors (Lipinski definition) is 3. The lowest BCUT2D eigenvalue weighted by molar-refractivity contribution is 0.0777. The van der Waals surface area contributed by atoms with Crippen LogP contribution < -0.4 is 0 Å². The standard InChI is InChI=1S/C14H17NO3/c16-11-4-5-12(13(17)6-11)14(18)15-7-9-2-1-3-10(9)8-15/h4-6,9-10,16-17H,1-3,7-8H2. The monoisotopic (exact) mass is 247 g/mol. The molecule has 0 aromatic heterocycles. The Kier molecular flexibility index (Phi) is 2.65. The zero-order valence-corrected chi connectivity index (χ0v) is 10.2. The number of carbonyl (C=O) groups excluding carboxylic acids is 1. The molecule has 18 heavy (non-hydrogen) atoms. The summed E-state index contributed by atoms with van der Waals surface area (Å²) >= 11 is 0. The van der Waals surface area contributed by atoms with Crippen LogP contribution in [0.4, 0.5) is 0 Å². The SMILES string of the molecule is O=C(c1ccc(O)cc1O)N1CC2CCCC2C1. The Morgan fingerprint density at radius 2 is 1.83 bits per heavy atom. The van der Waals surface area contributed by atoms with Crippen LogP contribution in [0.15, 0.2) is 18.2 Å². The lowest BCUT2D eigenvalue weighted by atomic mass is 10.0. The van der Waals surface area contributed by atoms with E-state index < -0.39 is 0 Å². The average molecular weight is 247 g/mol. The van der Waals surface area contributed by atoms with Crippen molar-refractivity contribution in [2.75, 3.05) is 13.1 Å². The zero-order valence-electron chi connectivity index (χ0n) is 10.2. The Morgan fingerprint density at radius 3 is 2.44 bits per heavy atom. The first-order valence-corrected chi connectivity index (χ1v) is 6.46. The molecule has 0 spiro atoms. The quantitative estimate of drug-likeness (QED) is 0.797. The first kappa shape index (κ1) is 11.4. The van der Waals surface area contributed by atoms with Crippen LogP contribution in [0.1, 0.15) is 29.6 Å². The van der Waals surface area contributed by atoms with Gasteiger partial charge in [0.1, 0.15) is 11.5 Å². The summed E-state index contributed by atoms with van der Waals surface area (Å²) in [6.07, 6.45) is 3.72. The topological polar surface area (TPSA) is 60.8 Å². The van der Waals surface area contributed by atoms with E-state index in [-0.39, 0.29) is 23.0 Å².